The van der Waals surface area contributed by atoms with Gasteiger partial charge in [-0.05, 0) is 5.16 Å². The van der Waals surface area contributed by atoms with E-state index in [-0.39, 0.29) is 5.88 Å². The maximum atomic E-state index is 5.28. The maximum Gasteiger partial charge on any atom is 0.508 e. The molecule has 0 saturated carbocycles. The second-order valence-corrected chi connectivity index (χ2v) is 6.14. The summed E-state index contributed by atoms with van der Waals surface area (Å²) in [5, 5.41) is 3.71. The first-order chi connectivity index (χ1) is 9.67. The lowest BCUT2D eigenvalue weighted by molar-refractivity contribution is 0.329. The summed E-state index contributed by atoms with van der Waals surface area (Å²) < 4.78 is 20.0. The Morgan fingerprint density at radius 2 is 1.80 bits per heavy atom. The molecule has 0 fully saturated rings. The molecule has 0 aliphatic carbocycles. The quantitative estimate of drug-likeness (QED) is 0.625. The van der Waals surface area contributed by atoms with Crippen molar-refractivity contribution >= 4 is 18.5 Å². The Kier molecular flexibility index (Phi) is 4.32. The van der Waals surface area contributed by atoms with Crippen LogP contribution < -0.4 is 4.52 Å². The molecule has 1 aromatic heterocycles. The lowest BCUT2D eigenvalue weighted by Crippen LogP contribution is -1.96. The molecule has 0 N–H and O–H groups in total. The molecule has 7 heteroatoms. The van der Waals surface area contributed by atoms with Crippen molar-refractivity contribution < 1.29 is 18.1 Å². The summed E-state index contributed by atoms with van der Waals surface area (Å²) >= 11 is 4.99. The molecule has 0 aliphatic heterocycles. The van der Waals surface area contributed by atoms with Crippen molar-refractivity contribution in [3.63, 3.8) is 0 Å². The molecule has 0 atom stereocenters. The molecule has 0 saturated heterocycles. The van der Waals surface area contributed by atoms with Gasteiger partial charge in [0.25, 0.3) is 5.88 Å². The maximum absolute atomic E-state index is 5.28. The summed E-state index contributed by atoms with van der Waals surface area (Å²) in [7, 11) is 0. The fourth-order valence-corrected chi connectivity index (χ4v) is 2.51. The van der Waals surface area contributed by atoms with Gasteiger partial charge >= 0.3 is 6.72 Å². The van der Waals surface area contributed by atoms with Crippen LogP contribution in [0.15, 0.2) is 40.9 Å². The van der Waals surface area contributed by atoms with Crippen LogP contribution in [0, 0.1) is 25.1 Å². The van der Waals surface area contributed by atoms with Gasteiger partial charge in [-0.1, -0.05) is 43.2 Å². The third-order valence-electron chi connectivity index (χ3n) is 2.08. The second kappa shape index (κ2) is 6.16. The van der Waals surface area contributed by atoms with E-state index in [0.29, 0.717) is 5.76 Å². The Balaban J connectivity index is 2.20. The molecular formula is C13H8NO4PS. The van der Waals surface area contributed by atoms with Crippen LogP contribution in [0.1, 0.15) is 0 Å². The van der Waals surface area contributed by atoms with Crippen LogP contribution in [-0.4, -0.2) is 5.16 Å². The zero-order valence-electron chi connectivity index (χ0n) is 10.1. The van der Waals surface area contributed by atoms with E-state index < -0.39 is 6.72 Å². The smallest absolute Gasteiger partial charge is 0.384 e. The Morgan fingerprint density at radius 3 is 2.40 bits per heavy atom. The van der Waals surface area contributed by atoms with Crippen molar-refractivity contribution in [3.8, 4) is 42.3 Å². The molecule has 0 spiro atoms. The highest BCUT2D eigenvalue weighted by Crippen LogP contribution is 2.49. The Bertz CT molecular complexity index is 694. The highest BCUT2D eigenvalue weighted by atomic mass is 32.5. The van der Waals surface area contributed by atoms with Gasteiger partial charge in [0.05, 0.1) is 6.07 Å². The first-order valence-electron chi connectivity index (χ1n) is 5.27. The Hall–Kier alpha value is -2.40. The average Bonchev–Trinajstić information content (AvgIpc) is 2.88. The van der Waals surface area contributed by atoms with Crippen molar-refractivity contribution in [1.82, 2.24) is 5.16 Å². The molecular weight excluding hydrogens is 297 g/mol. The summed E-state index contributed by atoms with van der Waals surface area (Å²) in [5.41, 5.74) is 0.832. The van der Waals surface area contributed by atoms with Gasteiger partial charge in [-0.25, -0.2) is 0 Å². The zero-order valence-corrected chi connectivity index (χ0v) is 11.8. The molecule has 0 radical (unpaired) electrons. The standard InChI is InChI=1S/C13H8NO4PS/c1-3-15-19(20,16-4-2)18-13-10-12(17-14-13)11-8-6-5-7-9-11/h1-2,5-10H. The largest absolute Gasteiger partial charge is 0.508 e. The summed E-state index contributed by atoms with van der Waals surface area (Å²) in [6.07, 6.45) is 13.8. The van der Waals surface area contributed by atoms with Gasteiger partial charge in [-0.2, -0.15) is 0 Å². The predicted octanol–water partition coefficient (Wildman–Crippen LogP) is 3.16. The van der Waals surface area contributed by atoms with Crippen LogP contribution in [0.25, 0.3) is 11.3 Å². The number of terminal acetylenes is 2. The minimum atomic E-state index is -3.28. The minimum Gasteiger partial charge on any atom is -0.384 e. The highest BCUT2D eigenvalue weighted by molar-refractivity contribution is 8.07. The molecule has 1 aromatic carbocycles. The van der Waals surface area contributed by atoms with Crippen LogP contribution >= 0.6 is 6.72 Å². The van der Waals surface area contributed by atoms with E-state index >= 15 is 0 Å². The normalized spacial score (nSPS) is 10.1. The molecule has 0 aliphatic rings. The summed E-state index contributed by atoms with van der Waals surface area (Å²) in [6.45, 7) is -3.28. The topological polar surface area (TPSA) is 53.7 Å². The second-order valence-electron chi connectivity index (χ2n) is 3.35. The molecule has 0 bridgehead atoms. The van der Waals surface area contributed by atoms with Crippen LogP contribution in [0.5, 0.6) is 5.88 Å². The van der Waals surface area contributed by atoms with E-state index in [0.717, 1.165) is 5.56 Å². The molecule has 0 amide bonds. The lowest BCUT2D eigenvalue weighted by atomic mass is 10.2. The monoisotopic (exact) mass is 305 g/mol. The highest BCUT2D eigenvalue weighted by Gasteiger charge is 2.26. The molecule has 2 rings (SSSR count). The molecule has 1 heterocycles. The Morgan fingerprint density at radius 1 is 1.15 bits per heavy atom. The number of rotatable bonds is 5. The zero-order chi connectivity index (χ0) is 14.4. The van der Waals surface area contributed by atoms with E-state index in [4.69, 9.17) is 42.7 Å². The summed E-state index contributed by atoms with van der Waals surface area (Å²) in [5.74, 6) is 0.584. The average molecular weight is 305 g/mol. The van der Waals surface area contributed by atoms with Gasteiger partial charge in [-0.3, -0.25) is 0 Å². The van der Waals surface area contributed by atoms with Crippen molar-refractivity contribution in [1.29, 1.82) is 0 Å². The SMILES string of the molecule is C#COP(=S)(OC#C)Oc1cc(-c2ccccc2)on1. The number of benzene rings is 1. The van der Waals surface area contributed by atoms with Crippen molar-refractivity contribution in [3.05, 3.63) is 36.4 Å². The first-order valence-corrected chi connectivity index (χ1v) is 7.82. The van der Waals surface area contributed by atoms with Crippen molar-refractivity contribution in [2.24, 2.45) is 0 Å². The van der Waals surface area contributed by atoms with E-state index in [2.05, 4.69) is 5.16 Å². The van der Waals surface area contributed by atoms with E-state index in [1.54, 1.807) is 0 Å². The number of hydrogen-bond acceptors (Lipinski definition) is 6. The van der Waals surface area contributed by atoms with Gasteiger partial charge in [0.1, 0.15) is 12.2 Å². The third-order valence-corrected chi connectivity index (χ3v) is 3.82. The lowest BCUT2D eigenvalue weighted by Gasteiger charge is -2.13. The van der Waals surface area contributed by atoms with Gasteiger partial charge in [0, 0.05) is 17.4 Å². The number of nitrogens with zero attached hydrogens (tertiary/aromatic N) is 1. The van der Waals surface area contributed by atoms with Crippen molar-refractivity contribution in [2.75, 3.05) is 0 Å². The van der Waals surface area contributed by atoms with Crippen LogP contribution in [0.2, 0.25) is 0 Å². The number of aromatic nitrogens is 1. The van der Waals surface area contributed by atoms with Crippen molar-refractivity contribution in [2.45, 2.75) is 0 Å². The van der Waals surface area contributed by atoms with Gasteiger partial charge in [0.15, 0.2) is 5.76 Å². The van der Waals surface area contributed by atoms with E-state index in [1.807, 2.05) is 42.5 Å². The predicted molar refractivity (Wildman–Crippen MR) is 76.7 cm³/mol. The Labute approximate surface area is 121 Å². The molecule has 20 heavy (non-hydrogen) atoms. The van der Waals surface area contributed by atoms with Crippen LogP contribution in [0.4, 0.5) is 0 Å². The molecule has 5 nitrogen and oxygen atoms in total. The summed E-state index contributed by atoms with van der Waals surface area (Å²) in [4.78, 5) is 0. The molecule has 100 valence electrons. The number of hydrogen-bond donors (Lipinski definition) is 0. The van der Waals surface area contributed by atoms with Gasteiger partial charge < -0.3 is 18.1 Å². The van der Waals surface area contributed by atoms with Gasteiger partial charge in [0.2, 0.25) is 0 Å². The van der Waals surface area contributed by atoms with E-state index in [9.17, 15) is 0 Å². The van der Waals surface area contributed by atoms with E-state index in [1.165, 1.54) is 6.07 Å². The fraction of sp³-hybridized carbons (Fsp3) is 0. The van der Waals surface area contributed by atoms with Crippen LogP contribution in [-0.2, 0) is 20.9 Å². The molecule has 2 aromatic rings. The van der Waals surface area contributed by atoms with Gasteiger partial charge in [-0.15, -0.1) is 0 Å². The first kappa shape index (κ1) is 14.0. The summed E-state index contributed by atoms with van der Waals surface area (Å²) in [6, 6.07) is 10.9. The third kappa shape index (κ3) is 3.33. The fourth-order valence-electron chi connectivity index (χ4n) is 1.34. The molecule has 0 unspecified atom stereocenters. The van der Waals surface area contributed by atoms with Crippen LogP contribution in [0.3, 0.4) is 0 Å². The minimum absolute atomic E-state index is 0.0812.